The van der Waals surface area contributed by atoms with E-state index < -0.39 is 0 Å². The molecule has 5 nitrogen and oxygen atoms in total. The Hall–Kier alpha value is -3.47. The van der Waals surface area contributed by atoms with Crippen molar-refractivity contribution in [3.63, 3.8) is 0 Å². The second kappa shape index (κ2) is 9.15. The van der Waals surface area contributed by atoms with Crippen LogP contribution in [0, 0.1) is 0 Å². The van der Waals surface area contributed by atoms with E-state index in [0.29, 0.717) is 23.5 Å². The summed E-state index contributed by atoms with van der Waals surface area (Å²) in [6, 6.07) is 20.7. The molecule has 0 aliphatic heterocycles. The Labute approximate surface area is 171 Å². The van der Waals surface area contributed by atoms with Gasteiger partial charge in [-0.25, -0.2) is 4.98 Å². The van der Waals surface area contributed by atoms with Crippen molar-refractivity contribution >= 4 is 23.2 Å². The molecule has 0 aliphatic rings. The van der Waals surface area contributed by atoms with Gasteiger partial charge in [-0.05, 0) is 62.7 Å². The molecule has 0 unspecified atom stereocenters. The molecule has 5 heteroatoms. The van der Waals surface area contributed by atoms with Crippen LogP contribution in [0.15, 0.2) is 72.9 Å². The van der Waals surface area contributed by atoms with E-state index in [4.69, 9.17) is 0 Å². The van der Waals surface area contributed by atoms with Crippen LogP contribution in [-0.4, -0.2) is 27.6 Å². The number of hydrogen-bond donors (Lipinski definition) is 1. The molecule has 1 amide bonds. The van der Waals surface area contributed by atoms with Crippen LogP contribution in [0.1, 0.15) is 47.1 Å². The second-order valence-corrected chi connectivity index (χ2v) is 7.20. The molecule has 0 saturated carbocycles. The number of amides is 1. The first-order valence-electron chi connectivity index (χ1n) is 9.63. The van der Waals surface area contributed by atoms with Crippen molar-refractivity contribution in [2.24, 2.45) is 0 Å². The van der Waals surface area contributed by atoms with Gasteiger partial charge >= 0.3 is 0 Å². The third-order valence-corrected chi connectivity index (χ3v) is 4.65. The Morgan fingerprint density at radius 2 is 1.66 bits per heavy atom. The van der Waals surface area contributed by atoms with Crippen molar-refractivity contribution in [2.75, 3.05) is 5.32 Å². The van der Waals surface area contributed by atoms with Crippen LogP contribution >= 0.6 is 0 Å². The van der Waals surface area contributed by atoms with Crippen LogP contribution in [0.5, 0.6) is 0 Å². The molecule has 148 valence electrons. The molecule has 0 radical (unpaired) electrons. The molecule has 0 bridgehead atoms. The van der Waals surface area contributed by atoms with Gasteiger partial charge in [0.1, 0.15) is 5.82 Å². The number of benzene rings is 2. The number of anilines is 2. The van der Waals surface area contributed by atoms with Crippen LogP contribution < -0.4 is 5.32 Å². The van der Waals surface area contributed by atoms with Gasteiger partial charge in [-0.3, -0.25) is 9.59 Å². The molecular weight excluding hydrogens is 362 g/mol. The smallest absolute Gasteiger partial charge is 0.254 e. The maximum absolute atomic E-state index is 13.1. The lowest BCUT2D eigenvalue weighted by atomic mass is 10.1. The summed E-state index contributed by atoms with van der Waals surface area (Å²) < 4.78 is 0. The number of ketones is 1. The number of pyridine rings is 1. The average molecular weight is 387 g/mol. The highest BCUT2D eigenvalue weighted by molar-refractivity contribution is 5.95. The van der Waals surface area contributed by atoms with Crippen LogP contribution in [0.2, 0.25) is 0 Å². The lowest BCUT2D eigenvalue weighted by molar-refractivity contribution is 0.0690. The van der Waals surface area contributed by atoms with Gasteiger partial charge in [0.25, 0.3) is 5.91 Å². The van der Waals surface area contributed by atoms with E-state index in [2.05, 4.69) is 10.3 Å². The van der Waals surface area contributed by atoms with Crippen molar-refractivity contribution in [3.8, 4) is 0 Å². The van der Waals surface area contributed by atoms with Crippen LogP contribution in [0.3, 0.4) is 0 Å². The molecule has 3 rings (SSSR count). The zero-order valence-electron chi connectivity index (χ0n) is 16.9. The van der Waals surface area contributed by atoms with Crippen LogP contribution in [0.4, 0.5) is 11.5 Å². The maximum Gasteiger partial charge on any atom is 0.254 e. The van der Waals surface area contributed by atoms with Gasteiger partial charge in [-0.2, -0.15) is 0 Å². The standard InChI is InChI=1S/C24H25N3O2/c1-17(2)27(16-19-7-5-4-6-8-19)24(29)21-13-14-25-23(15-21)26-22-11-9-20(10-12-22)18(3)28/h4-15,17H,16H2,1-3H3,(H,25,26). The molecule has 29 heavy (non-hydrogen) atoms. The predicted molar refractivity (Wildman–Crippen MR) is 115 cm³/mol. The van der Waals surface area contributed by atoms with Gasteiger partial charge in [0.15, 0.2) is 5.78 Å². The fourth-order valence-electron chi connectivity index (χ4n) is 3.00. The largest absolute Gasteiger partial charge is 0.340 e. The summed E-state index contributed by atoms with van der Waals surface area (Å²) >= 11 is 0. The summed E-state index contributed by atoms with van der Waals surface area (Å²) in [6.45, 7) is 6.11. The molecule has 0 fully saturated rings. The second-order valence-electron chi connectivity index (χ2n) is 7.20. The lowest BCUT2D eigenvalue weighted by Crippen LogP contribution is -2.36. The number of hydrogen-bond acceptors (Lipinski definition) is 4. The molecule has 3 aromatic rings. The van der Waals surface area contributed by atoms with Gasteiger partial charge < -0.3 is 10.2 Å². The number of carbonyl (C=O) groups excluding carboxylic acids is 2. The lowest BCUT2D eigenvalue weighted by Gasteiger charge is -2.27. The van der Waals surface area contributed by atoms with Gasteiger partial charge in [-0.1, -0.05) is 30.3 Å². The first-order valence-corrected chi connectivity index (χ1v) is 9.63. The monoisotopic (exact) mass is 387 g/mol. The fraction of sp³-hybridized carbons (Fsp3) is 0.208. The van der Waals surface area contributed by atoms with Crippen molar-refractivity contribution in [3.05, 3.63) is 89.6 Å². The Kier molecular flexibility index (Phi) is 6.39. The normalized spacial score (nSPS) is 10.6. The minimum Gasteiger partial charge on any atom is -0.340 e. The number of aromatic nitrogens is 1. The topological polar surface area (TPSA) is 62.3 Å². The zero-order valence-corrected chi connectivity index (χ0v) is 16.9. The summed E-state index contributed by atoms with van der Waals surface area (Å²) in [5.74, 6) is 0.561. The van der Waals surface area contributed by atoms with Crippen molar-refractivity contribution in [1.82, 2.24) is 9.88 Å². The van der Waals surface area contributed by atoms with E-state index in [9.17, 15) is 9.59 Å². The Balaban J connectivity index is 1.77. The molecule has 1 N–H and O–H groups in total. The highest BCUT2D eigenvalue weighted by Crippen LogP contribution is 2.19. The molecule has 2 aromatic carbocycles. The highest BCUT2D eigenvalue weighted by Gasteiger charge is 2.19. The van der Waals surface area contributed by atoms with Crippen LogP contribution in [-0.2, 0) is 6.54 Å². The Morgan fingerprint density at radius 3 is 2.28 bits per heavy atom. The van der Waals surface area contributed by atoms with Gasteiger partial charge in [0.2, 0.25) is 0 Å². The average Bonchev–Trinajstić information content (AvgIpc) is 2.72. The predicted octanol–water partition coefficient (Wildman–Crippen LogP) is 5.08. The third-order valence-electron chi connectivity index (χ3n) is 4.65. The molecule has 1 aromatic heterocycles. The number of nitrogens with zero attached hydrogens (tertiary/aromatic N) is 2. The molecular formula is C24H25N3O2. The summed E-state index contributed by atoms with van der Waals surface area (Å²) in [4.78, 5) is 30.7. The van der Waals surface area contributed by atoms with Crippen molar-refractivity contribution in [2.45, 2.75) is 33.4 Å². The molecule has 0 saturated heterocycles. The summed E-state index contributed by atoms with van der Waals surface area (Å²) in [5.41, 5.74) is 3.12. The number of rotatable bonds is 7. The number of Topliss-reactive ketones (excluding diaryl/α,β-unsaturated/α-hetero) is 1. The SMILES string of the molecule is CC(=O)c1ccc(Nc2cc(C(=O)N(Cc3ccccc3)C(C)C)ccn2)cc1. The summed E-state index contributed by atoms with van der Waals surface area (Å²) in [7, 11) is 0. The van der Waals surface area contributed by atoms with Crippen molar-refractivity contribution in [1.29, 1.82) is 0 Å². The summed E-state index contributed by atoms with van der Waals surface area (Å²) in [6.07, 6.45) is 1.63. The third kappa shape index (κ3) is 5.29. The fourth-order valence-corrected chi connectivity index (χ4v) is 3.00. The highest BCUT2D eigenvalue weighted by atomic mass is 16.2. The number of nitrogens with one attached hydrogen (secondary N) is 1. The minimum absolute atomic E-state index is 0.0226. The van der Waals surface area contributed by atoms with E-state index in [1.54, 1.807) is 30.5 Å². The van der Waals surface area contributed by atoms with E-state index in [1.807, 2.05) is 61.2 Å². The molecule has 0 atom stereocenters. The Bertz CT molecular complexity index is 983. The quantitative estimate of drug-likeness (QED) is 0.574. The maximum atomic E-state index is 13.1. The van der Waals surface area contributed by atoms with Crippen molar-refractivity contribution < 1.29 is 9.59 Å². The number of carbonyl (C=O) groups is 2. The molecule has 1 heterocycles. The zero-order chi connectivity index (χ0) is 20.8. The first kappa shape index (κ1) is 20.3. The van der Waals surface area contributed by atoms with Gasteiger partial charge in [-0.15, -0.1) is 0 Å². The molecule has 0 spiro atoms. The van der Waals surface area contributed by atoms with Crippen LogP contribution in [0.25, 0.3) is 0 Å². The molecule has 0 aliphatic carbocycles. The van der Waals surface area contributed by atoms with E-state index in [-0.39, 0.29) is 17.7 Å². The van der Waals surface area contributed by atoms with Gasteiger partial charge in [0.05, 0.1) is 0 Å². The van der Waals surface area contributed by atoms with E-state index in [1.165, 1.54) is 6.92 Å². The minimum atomic E-state index is -0.0405. The van der Waals surface area contributed by atoms with E-state index >= 15 is 0 Å². The van der Waals surface area contributed by atoms with E-state index in [0.717, 1.165) is 11.3 Å². The summed E-state index contributed by atoms with van der Waals surface area (Å²) in [5, 5.41) is 3.19. The van der Waals surface area contributed by atoms with Gasteiger partial charge in [0, 0.05) is 35.6 Å². The first-order chi connectivity index (χ1) is 13.9. The Morgan fingerprint density at radius 1 is 0.966 bits per heavy atom.